The molecule has 28 heavy (non-hydrogen) atoms. The van der Waals surface area contributed by atoms with Crippen molar-refractivity contribution in [2.24, 2.45) is 4.99 Å². The number of thiophene rings is 1. The van der Waals surface area contributed by atoms with E-state index in [1.54, 1.807) is 6.26 Å². The standard InChI is InChI=1S/C19H28N6O2S/c1-2-20-19(22-8-4-7-21-18(26)17-5-3-14-28-17)25-11-9-24(10-12-25)15-16-6-13-27-23-16/h3,5-6,13-14H,2,4,7-12,15H2,1H3,(H,20,22)(H,21,26). The van der Waals surface area contributed by atoms with Crippen molar-refractivity contribution < 1.29 is 9.32 Å². The van der Waals surface area contributed by atoms with Gasteiger partial charge in [0.25, 0.3) is 5.91 Å². The maximum atomic E-state index is 11.9. The second-order valence-electron chi connectivity index (χ2n) is 6.58. The fourth-order valence-corrected chi connectivity index (χ4v) is 3.69. The highest BCUT2D eigenvalue weighted by Gasteiger charge is 2.20. The van der Waals surface area contributed by atoms with Crippen molar-refractivity contribution in [3.63, 3.8) is 0 Å². The fourth-order valence-electron chi connectivity index (χ4n) is 3.05. The maximum absolute atomic E-state index is 11.9. The Bertz CT molecular complexity index is 724. The minimum Gasteiger partial charge on any atom is -0.364 e. The Hall–Kier alpha value is -2.39. The van der Waals surface area contributed by atoms with Crippen LogP contribution in [-0.2, 0) is 6.54 Å². The summed E-state index contributed by atoms with van der Waals surface area (Å²) in [6.07, 6.45) is 2.43. The summed E-state index contributed by atoms with van der Waals surface area (Å²) < 4.78 is 4.91. The maximum Gasteiger partial charge on any atom is 0.261 e. The van der Waals surface area contributed by atoms with Crippen molar-refractivity contribution in [3.8, 4) is 0 Å². The van der Waals surface area contributed by atoms with Gasteiger partial charge in [-0.05, 0) is 24.8 Å². The van der Waals surface area contributed by atoms with Gasteiger partial charge in [0.05, 0.1) is 10.6 Å². The summed E-state index contributed by atoms with van der Waals surface area (Å²) in [5.74, 6) is 0.947. The van der Waals surface area contributed by atoms with Gasteiger partial charge in [0.2, 0.25) is 0 Å². The summed E-state index contributed by atoms with van der Waals surface area (Å²) in [6, 6.07) is 5.64. The molecule has 1 saturated heterocycles. The molecule has 1 aliphatic heterocycles. The van der Waals surface area contributed by atoms with Gasteiger partial charge in [0.15, 0.2) is 5.96 Å². The second kappa shape index (κ2) is 10.8. The molecule has 0 atom stereocenters. The van der Waals surface area contributed by atoms with Crippen LogP contribution in [0.1, 0.15) is 28.7 Å². The van der Waals surface area contributed by atoms with Crippen molar-refractivity contribution in [1.29, 1.82) is 0 Å². The normalized spacial score (nSPS) is 15.6. The molecule has 3 rings (SSSR count). The first-order chi connectivity index (χ1) is 13.8. The molecule has 2 aromatic heterocycles. The highest BCUT2D eigenvalue weighted by atomic mass is 32.1. The number of guanidine groups is 1. The summed E-state index contributed by atoms with van der Waals surface area (Å²) in [7, 11) is 0. The van der Waals surface area contributed by atoms with Gasteiger partial charge in [0.1, 0.15) is 6.26 Å². The molecular weight excluding hydrogens is 376 g/mol. The van der Waals surface area contributed by atoms with Gasteiger partial charge in [0, 0.05) is 58.4 Å². The molecule has 0 bridgehead atoms. The first-order valence-electron chi connectivity index (χ1n) is 9.73. The number of aromatic nitrogens is 1. The zero-order valence-electron chi connectivity index (χ0n) is 16.3. The highest BCUT2D eigenvalue weighted by Crippen LogP contribution is 2.08. The van der Waals surface area contributed by atoms with Crippen LogP contribution < -0.4 is 10.6 Å². The van der Waals surface area contributed by atoms with E-state index in [4.69, 9.17) is 9.52 Å². The minimum atomic E-state index is -0.00544. The van der Waals surface area contributed by atoms with Crippen LogP contribution in [0.2, 0.25) is 0 Å². The number of rotatable bonds is 8. The zero-order valence-corrected chi connectivity index (χ0v) is 17.1. The van der Waals surface area contributed by atoms with Gasteiger partial charge in [-0.3, -0.25) is 14.7 Å². The summed E-state index contributed by atoms with van der Waals surface area (Å²) in [5.41, 5.74) is 0.971. The Morgan fingerprint density at radius 2 is 2.14 bits per heavy atom. The van der Waals surface area contributed by atoms with E-state index in [0.29, 0.717) is 13.1 Å². The SMILES string of the molecule is CCNC(=NCCCNC(=O)c1cccs1)N1CCN(Cc2ccon2)CC1. The molecule has 0 aliphatic carbocycles. The lowest BCUT2D eigenvalue weighted by atomic mass is 10.3. The van der Waals surface area contributed by atoms with E-state index in [-0.39, 0.29) is 5.91 Å². The summed E-state index contributed by atoms with van der Waals surface area (Å²) in [4.78, 5) is 22.1. The molecule has 1 amide bonds. The van der Waals surface area contributed by atoms with Crippen LogP contribution in [0.3, 0.4) is 0 Å². The average molecular weight is 405 g/mol. The molecule has 8 nitrogen and oxygen atoms in total. The Labute approximate surface area is 169 Å². The molecular formula is C19H28N6O2S. The van der Waals surface area contributed by atoms with E-state index in [9.17, 15) is 4.79 Å². The van der Waals surface area contributed by atoms with Gasteiger partial charge in [-0.15, -0.1) is 11.3 Å². The van der Waals surface area contributed by atoms with Gasteiger partial charge in [-0.25, -0.2) is 0 Å². The van der Waals surface area contributed by atoms with Gasteiger partial charge in [-0.1, -0.05) is 11.2 Å². The Kier molecular flexibility index (Phi) is 7.86. The second-order valence-corrected chi connectivity index (χ2v) is 7.52. The Morgan fingerprint density at radius 1 is 1.29 bits per heavy atom. The number of carbonyl (C=O) groups is 1. The van der Waals surface area contributed by atoms with E-state index >= 15 is 0 Å². The minimum absolute atomic E-state index is 0.00544. The van der Waals surface area contributed by atoms with Crippen LogP contribution in [0.5, 0.6) is 0 Å². The number of hydrogen-bond acceptors (Lipinski definition) is 6. The monoisotopic (exact) mass is 404 g/mol. The van der Waals surface area contributed by atoms with Crippen LogP contribution in [0.4, 0.5) is 0 Å². The lowest BCUT2D eigenvalue weighted by Gasteiger charge is -2.36. The van der Waals surface area contributed by atoms with E-state index in [1.165, 1.54) is 11.3 Å². The smallest absolute Gasteiger partial charge is 0.261 e. The molecule has 0 unspecified atom stereocenters. The van der Waals surface area contributed by atoms with E-state index in [1.807, 2.05) is 23.6 Å². The molecule has 0 saturated carbocycles. The van der Waals surface area contributed by atoms with E-state index in [2.05, 4.69) is 32.5 Å². The van der Waals surface area contributed by atoms with Gasteiger partial charge < -0.3 is 20.1 Å². The number of aliphatic imine (C=N–C) groups is 1. The Balaban J connectivity index is 1.39. The molecule has 152 valence electrons. The lowest BCUT2D eigenvalue weighted by molar-refractivity contribution is 0.0957. The number of carbonyl (C=O) groups excluding carboxylic acids is 1. The molecule has 2 N–H and O–H groups in total. The first-order valence-corrected chi connectivity index (χ1v) is 10.6. The fraction of sp³-hybridized carbons (Fsp3) is 0.526. The molecule has 0 radical (unpaired) electrons. The third-order valence-electron chi connectivity index (χ3n) is 4.51. The average Bonchev–Trinajstić information content (AvgIpc) is 3.42. The predicted molar refractivity (Wildman–Crippen MR) is 111 cm³/mol. The van der Waals surface area contributed by atoms with Gasteiger partial charge in [-0.2, -0.15) is 0 Å². The van der Waals surface area contributed by atoms with E-state index in [0.717, 1.165) is 62.2 Å². The quantitative estimate of drug-likeness (QED) is 0.395. The largest absolute Gasteiger partial charge is 0.364 e. The topological polar surface area (TPSA) is 86.0 Å². The van der Waals surface area contributed by atoms with Gasteiger partial charge >= 0.3 is 0 Å². The van der Waals surface area contributed by atoms with Crippen molar-refractivity contribution >= 4 is 23.2 Å². The van der Waals surface area contributed by atoms with Crippen molar-refractivity contribution in [1.82, 2.24) is 25.6 Å². The Morgan fingerprint density at radius 3 is 2.82 bits per heavy atom. The third kappa shape index (κ3) is 6.07. The summed E-state index contributed by atoms with van der Waals surface area (Å²) in [5, 5.41) is 12.2. The number of nitrogens with zero attached hydrogens (tertiary/aromatic N) is 4. The number of nitrogens with one attached hydrogen (secondary N) is 2. The van der Waals surface area contributed by atoms with Crippen molar-refractivity contribution in [2.45, 2.75) is 19.9 Å². The molecule has 0 aromatic carbocycles. The number of hydrogen-bond donors (Lipinski definition) is 2. The van der Waals surface area contributed by atoms with Crippen molar-refractivity contribution in [3.05, 3.63) is 40.4 Å². The summed E-state index contributed by atoms with van der Waals surface area (Å²) >= 11 is 1.46. The van der Waals surface area contributed by atoms with Crippen LogP contribution in [-0.4, -0.2) is 72.6 Å². The van der Waals surface area contributed by atoms with Crippen LogP contribution in [0, 0.1) is 0 Å². The third-order valence-corrected chi connectivity index (χ3v) is 5.38. The zero-order chi connectivity index (χ0) is 19.6. The van der Waals surface area contributed by atoms with E-state index < -0.39 is 0 Å². The molecule has 1 fully saturated rings. The van der Waals surface area contributed by atoms with Crippen LogP contribution >= 0.6 is 11.3 Å². The lowest BCUT2D eigenvalue weighted by Crippen LogP contribution is -2.52. The summed E-state index contributed by atoms with van der Waals surface area (Å²) in [6.45, 7) is 8.85. The first kappa shape index (κ1) is 20.3. The molecule has 1 aliphatic rings. The highest BCUT2D eigenvalue weighted by molar-refractivity contribution is 7.12. The molecule has 9 heteroatoms. The van der Waals surface area contributed by atoms with Crippen LogP contribution in [0.25, 0.3) is 0 Å². The molecule has 3 heterocycles. The predicted octanol–water partition coefficient (Wildman–Crippen LogP) is 1.64. The molecule has 0 spiro atoms. The van der Waals surface area contributed by atoms with Crippen LogP contribution in [0.15, 0.2) is 39.4 Å². The number of piperazine rings is 1. The van der Waals surface area contributed by atoms with Crippen molar-refractivity contribution in [2.75, 3.05) is 45.8 Å². The number of amides is 1. The molecule has 2 aromatic rings.